The zero-order valence-corrected chi connectivity index (χ0v) is 6.98. The van der Waals surface area contributed by atoms with Gasteiger partial charge in [0.2, 0.25) is 0 Å². The number of carbonyl (C=O) groups is 1. The van der Waals surface area contributed by atoms with Crippen LogP contribution in [0, 0.1) is 0 Å². The van der Waals surface area contributed by atoms with E-state index in [0.717, 1.165) is 5.39 Å². The van der Waals surface area contributed by atoms with E-state index in [1.54, 1.807) is 18.5 Å². The Morgan fingerprint density at radius 2 is 2.38 bits per heavy atom. The number of aromatic nitrogens is 1. The quantitative estimate of drug-likeness (QED) is 0.621. The van der Waals surface area contributed by atoms with Gasteiger partial charge in [-0.2, -0.15) is 0 Å². The van der Waals surface area contributed by atoms with Crippen LogP contribution in [0.4, 0.5) is 0 Å². The number of pyridine rings is 1. The summed E-state index contributed by atoms with van der Waals surface area (Å²) in [5.74, 6) is -0.452. The van der Waals surface area contributed by atoms with E-state index in [2.05, 4.69) is 9.72 Å². The van der Waals surface area contributed by atoms with E-state index < -0.39 is 5.97 Å². The van der Waals surface area contributed by atoms with Crippen molar-refractivity contribution in [2.24, 2.45) is 0 Å². The van der Waals surface area contributed by atoms with Crippen LogP contribution in [0.2, 0.25) is 0 Å². The minimum Gasteiger partial charge on any atom is -0.471 e. The fourth-order valence-electron chi connectivity index (χ4n) is 1.15. The molecule has 4 heteroatoms. The summed E-state index contributed by atoms with van der Waals surface area (Å²) in [6, 6.07) is 1.77. The Hall–Kier alpha value is -1.84. The van der Waals surface area contributed by atoms with E-state index in [4.69, 9.17) is 4.42 Å². The molecule has 0 aliphatic heterocycles. The van der Waals surface area contributed by atoms with Gasteiger partial charge in [-0.15, -0.1) is 0 Å². The maximum atomic E-state index is 11.2. The molecule has 2 aromatic rings. The van der Waals surface area contributed by atoms with E-state index in [1.165, 1.54) is 13.4 Å². The number of ether oxygens (including phenoxy) is 1. The van der Waals surface area contributed by atoms with Gasteiger partial charge in [-0.05, 0) is 6.07 Å². The molecule has 0 aromatic carbocycles. The summed E-state index contributed by atoms with van der Waals surface area (Å²) in [7, 11) is 1.32. The average molecular weight is 177 g/mol. The Labute approximate surface area is 74.1 Å². The monoisotopic (exact) mass is 177 g/mol. The first-order valence-corrected chi connectivity index (χ1v) is 3.72. The Balaban J connectivity index is 2.67. The van der Waals surface area contributed by atoms with Crippen molar-refractivity contribution in [3.05, 3.63) is 30.5 Å². The molecule has 4 nitrogen and oxygen atoms in total. The molecule has 0 radical (unpaired) electrons. The first-order valence-electron chi connectivity index (χ1n) is 3.72. The van der Waals surface area contributed by atoms with Gasteiger partial charge in [-0.3, -0.25) is 0 Å². The Morgan fingerprint density at radius 1 is 1.54 bits per heavy atom. The molecule has 0 amide bonds. The maximum absolute atomic E-state index is 11.2. The Bertz CT molecular complexity index is 447. The van der Waals surface area contributed by atoms with E-state index in [-0.39, 0.29) is 5.69 Å². The predicted molar refractivity (Wildman–Crippen MR) is 45.3 cm³/mol. The first-order chi connectivity index (χ1) is 6.33. The Kier molecular flexibility index (Phi) is 1.73. The van der Waals surface area contributed by atoms with Crippen molar-refractivity contribution in [3.63, 3.8) is 0 Å². The molecule has 0 saturated heterocycles. The van der Waals surface area contributed by atoms with Gasteiger partial charge in [-0.25, -0.2) is 9.78 Å². The fourth-order valence-corrected chi connectivity index (χ4v) is 1.15. The normalized spacial score (nSPS) is 10.2. The van der Waals surface area contributed by atoms with Gasteiger partial charge < -0.3 is 9.15 Å². The number of esters is 1. The third-order valence-corrected chi connectivity index (χ3v) is 1.78. The summed E-state index contributed by atoms with van der Waals surface area (Å²) < 4.78 is 9.52. The minimum absolute atomic E-state index is 0.286. The molecule has 0 N–H and O–H groups in total. The van der Waals surface area contributed by atoms with E-state index in [9.17, 15) is 4.79 Å². The number of rotatable bonds is 1. The number of carbonyl (C=O) groups excluding carboxylic acids is 1. The highest BCUT2D eigenvalue weighted by atomic mass is 16.5. The molecule has 0 unspecified atom stereocenters. The third-order valence-electron chi connectivity index (χ3n) is 1.78. The van der Waals surface area contributed by atoms with Gasteiger partial charge in [0.1, 0.15) is 6.26 Å². The molecule has 0 atom stereocenters. The molecule has 2 rings (SSSR count). The molecule has 0 spiro atoms. The van der Waals surface area contributed by atoms with E-state index in [0.29, 0.717) is 5.39 Å². The zero-order valence-electron chi connectivity index (χ0n) is 6.98. The van der Waals surface area contributed by atoms with Crippen LogP contribution in [-0.2, 0) is 4.74 Å². The van der Waals surface area contributed by atoms with Crippen LogP contribution in [0.25, 0.3) is 10.8 Å². The van der Waals surface area contributed by atoms with Crippen LogP contribution in [0.15, 0.2) is 29.2 Å². The van der Waals surface area contributed by atoms with Crippen molar-refractivity contribution >= 4 is 16.7 Å². The van der Waals surface area contributed by atoms with Gasteiger partial charge in [0.25, 0.3) is 0 Å². The molecule has 13 heavy (non-hydrogen) atoms. The van der Waals surface area contributed by atoms with Gasteiger partial charge in [0.15, 0.2) is 5.69 Å². The van der Waals surface area contributed by atoms with Gasteiger partial charge in [0.05, 0.1) is 18.8 Å². The largest absolute Gasteiger partial charge is 0.471 e. The smallest absolute Gasteiger partial charge is 0.357 e. The van der Waals surface area contributed by atoms with Crippen molar-refractivity contribution in [1.29, 1.82) is 0 Å². The standard InChI is InChI=1S/C9H7NO3/c1-12-9(11)8-7-5-13-4-6(7)2-3-10-8/h2-5H,1H3. The third kappa shape index (κ3) is 1.16. The van der Waals surface area contributed by atoms with Crippen LogP contribution in [-0.4, -0.2) is 18.1 Å². The number of methoxy groups -OCH3 is 1. The number of nitrogens with zero attached hydrogens (tertiary/aromatic N) is 1. The lowest BCUT2D eigenvalue weighted by Crippen LogP contribution is -2.03. The second-order valence-corrected chi connectivity index (χ2v) is 2.53. The second-order valence-electron chi connectivity index (χ2n) is 2.53. The van der Waals surface area contributed by atoms with Crippen LogP contribution in [0.5, 0.6) is 0 Å². The summed E-state index contributed by atoms with van der Waals surface area (Å²) >= 11 is 0. The molecule has 66 valence electrons. The maximum Gasteiger partial charge on any atom is 0.357 e. The van der Waals surface area contributed by atoms with Crippen molar-refractivity contribution < 1.29 is 13.9 Å². The number of furan rings is 1. The lowest BCUT2D eigenvalue weighted by atomic mass is 10.2. The fraction of sp³-hybridized carbons (Fsp3) is 0.111. The SMILES string of the molecule is COC(=O)c1nccc2cocc12. The molecule has 0 fully saturated rings. The lowest BCUT2D eigenvalue weighted by Gasteiger charge is -1.97. The number of hydrogen-bond donors (Lipinski definition) is 0. The molecule has 2 heterocycles. The van der Waals surface area contributed by atoms with Gasteiger partial charge in [0, 0.05) is 11.6 Å². The van der Waals surface area contributed by atoms with E-state index >= 15 is 0 Å². The molecule has 0 aliphatic carbocycles. The highest BCUT2D eigenvalue weighted by Gasteiger charge is 2.12. The van der Waals surface area contributed by atoms with Crippen molar-refractivity contribution in [2.45, 2.75) is 0 Å². The summed E-state index contributed by atoms with van der Waals surface area (Å²) in [5, 5.41) is 1.52. The van der Waals surface area contributed by atoms with Crippen molar-refractivity contribution in [3.8, 4) is 0 Å². The molecular weight excluding hydrogens is 170 g/mol. The summed E-state index contributed by atoms with van der Waals surface area (Å²) in [6.45, 7) is 0. The van der Waals surface area contributed by atoms with Crippen molar-refractivity contribution in [1.82, 2.24) is 4.98 Å². The van der Waals surface area contributed by atoms with Crippen molar-refractivity contribution in [2.75, 3.05) is 7.11 Å². The minimum atomic E-state index is -0.452. The molecule has 0 bridgehead atoms. The highest BCUT2D eigenvalue weighted by molar-refractivity contribution is 6.01. The van der Waals surface area contributed by atoms with Crippen LogP contribution < -0.4 is 0 Å². The molecule has 0 saturated carbocycles. The summed E-state index contributed by atoms with van der Waals surface area (Å²) in [5.41, 5.74) is 0.286. The van der Waals surface area contributed by atoms with Crippen LogP contribution >= 0.6 is 0 Å². The molecular formula is C9H7NO3. The first kappa shape index (κ1) is 7.79. The van der Waals surface area contributed by atoms with Crippen LogP contribution in [0.3, 0.4) is 0 Å². The molecule has 0 aliphatic rings. The predicted octanol–water partition coefficient (Wildman–Crippen LogP) is 1.61. The van der Waals surface area contributed by atoms with Gasteiger partial charge >= 0.3 is 5.97 Å². The lowest BCUT2D eigenvalue weighted by molar-refractivity contribution is 0.0596. The average Bonchev–Trinajstić information content (AvgIpc) is 2.63. The Morgan fingerprint density at radius 3 is 3.15 bits per heavy atom. The highest BCUT2D eigenvalue weighted by Crippen LogP contribution is 2.17. The topological polar surface area (TPSA) is 52.3 Å². The molecule has 2 aromatic heterocycles. The summed E-state index contributed by atoms with van der Waals surface area (Å²) in [4.78, 5) is 15.1. The number of hydrogen-bond acceptors (Lipinski definition) is 4. The van der Waals surface area contributed by atoms with Crippen LogP contribution in [0.1, 0.15) is 10.5 Å². The summed E-state index contributed by atoms with van der Waals surface area (Å²) in [6.07, 6.45) is 4.59. The van der Waals surface area contributed by atoms with E-state index in [1.807, 2.05) is 0 Å². The second kappa shape index (κ2) is 2.90. The zero-order chi connectivity index (χ0) is 9.26. The van der Waals surface area contributed by atoms with Gasteiger partial charge in [-0.1, -0.05) is 0 Å². The number of fused-ring (bicyclic) bond motifs is 1.